The van der Waals surface area contributed by atoms with E-state index in [0.717, 1.165) is 5.39 Å². The zero-order chi connectivity index (χ0) is 17.1. The topological polar surface area (TPSA) is 67.0 Å². The van der Waals surface area contributed by atoms with Gasteiger partial charge >= 0.3 is 6.61 Å². The van der Waals surface area contributed by atoms with Gasteiger partial charge in [0.25, 0.3) is 5.91 Å². The first-order chi connectivity index (χ1) is 11.5. The van der Waals surface area contributed by atoms with E-state index in [1.54, 1.807) is 30.5 Å². The predicted octanol–water partition coefficient (Wildman–Crippen LogP) is 3.86. The van der Waals surface area contributed by atoms with Gasteiger partial charge in [0.1, 0.15) is 5.75 Å². The number of hydrogen-bond acceptors (Lipinski definition) is 3. The molecule has 0 atom stereocenters. The Morgan fingerprint density at radius 1 is 1.33 bits per heavy atom. The van der Waals surface area contributed by atoms with Crippen molar-refractivity contribution in [2.24, 2.45) is 0 Å². The molecule has 0 aliphatic heterocycles. The summed E-state index contributed by atoms with van der Waals surface area (Å²) < 4.78 is 30.1. The van der Waals surface area contributed by atoms with Gasteiger partial charge < -0.3 is 10.1 Å². The molecule has 3 rings (SSSR count). The van der Waals surface area contributed by atoms with Gasteiger partial charge in [0, 0.05) is 22.0 Å². The Kier molecular flexibility index (Phi) is 4.75. The summed E-state index contributed by atoms with van der Waals surface area (Å²) >= 11 is 3.27. The van der Waals surface area contributed by atoms with Crippen LogP contribution in [0.5, 0.6) is 5.75 Å². The van der Waals surface area contributed by atoms with Crippen LogP contribution in [0.1, 0.15) is 15.9 Å². The van der Waals surface area contributed by atoms with Crippen LogP contribution in [0.2, 0.25) is 0 Å². The highest BCUT2D eigenvalue weighted by atomic mass is 79.9. The molecule has 1 aromatic heterocycles. The Balaban J connectivity index is 1.79. The molecule has 0 radical (unpaired) electrons. The number of ether oxygens (including phenoxy) is 1. The molecule has 24 heavy (non-hydrogen) atoms. The van der Waals surface area contributed by atoms with Gasteiger partial charge in [-0.15, -0.1) is 0 Å². The number of benzene rings is 2. The van der Waals surface area contributed by atoms with E-state index in [-0.39, 0.29) is 18.2 Å². The standard InChI is InChI=1S/C16H12BrF2N3O2/c17-11-4-5-13(24-16(18)19)10(6-11)7-20-15(23)12-3-1-2-9-8-21-22-14(9)12/h1-6,8,16H,7H2,(H,20,23)(H,21,22). The molecule has 1 amide bonds. The Bertz CT molecular complexity index is 883. The summed E-state index contributed by atoms with van der Waals surface area (Å²) in [6.07, 6.45) is 1.62. The van der Waals surface area contributed by atoms with E-state index >= 15 is 0 Å². The molecular formula is C16H12BrF2N3O2. The average Bonchev–Trinajstić information content (AvgIpc) is 3.02. The van der Waals surface area contributed by atoms with E-state index in [1.165, 1.54) is 6.07 Å². The van der Waals surface area contributed by atoms with Crippen LogP contribution >= 0.6 is 15.9 Å². The molecule has 1 heterocycles. The van der Waals surface area contributed by atoms with Crippen LogP contribution in [0, 0.1) is 0 Å². The second kappa shape index (κ2) is 6.96. The molecule has 2 aromatic carbocycles. The highest BCUT2D eigenvalue weighted by molar-refractivity contribution is 9.10. The summed E-state index contributed by atoms with van der Waals surface area (Å²) in [7, 11) is 0. The summed E-state index contributed by atoms with van der Waals surface area (Å²) in [5, 5.41) is 10.2. The SMILES string of the molecule is O=C(NCc1cc(Br)ccc1OC(F)F)c1cccc2cn[nH]c12. The van der Waals surface area contributed by atoms with Crippen molar-refractivity contribution in [2.45, 2.75) is 13.2 Å². The third kappa shape index (κ3) is 3.53. The predicted molar refractivity (Wildman–Crippen MR) is 88.0 cm³/mol. The van der Waals surface area contributed by atoms with Gasteiger partial charge in [-0.05, 0) is 24.3 Å². The fourth-order valence-corrected chi connectivity index (χ4v) is 2.73. The number of nitrogens with one attached hydrogen (secondary N) is 2. The van der Waals surface area contributed by atoms with E-state index in [2.05, 4.69) is 36.2 Å². The first-order valence-corrected chi connectivity index (χ1v) is 7.77. The minimum absolute atomic E-state index is 0.0215. The molecule has 8 heteroatoms. The number of H-pyrrole nitrogens is 1. The monoisotopic (exact) mass is 395 g/mol. The number of para-hydroxylation sites is 1. The highest BCUT2D eigenvalue weighted by Crippen LogP contribution is 2.25. The van der Waals surface area contributed by atoms with Gasteiger partial charge in [0.2, 0.25) is 0 Å². The van der Waals surface area contributed by atoms with Crippen molar-refractivity contribution in [3.05, 3.63) is 58.2 Å². The van der Waals surface area contributed by atoms with Crippen molar-refractivity contribution in [3.8, 4) is 5.75 Å². The largest absolute Gasteiger partial charge is 0.434 e. The number of aromatic nitrogens is 2. The lowest BCUT2D eigenvalue weighted by atomic mass is 10.1. The molecule has 0 bridgehead atoms. The van der Waals surface area contributed by atoms with Gasteiger partial charge in [-0.25, -0.2) is 0 Å². The second-order valence-electron chi connectivity index (χ2n) is 4.95. The normalized spacial score (nSPS) is 11.0. The number of alkyl halides is 2. The number of nitrogens with zero attached hydrogens (tertiary/aromatic N) is 1. The molecule has 3 aromatic rings. The summed E-state index contributed by atoms with van der Waals surface area (Å²) in [5.41, 5.74) is 1.49. The number of carbonyl (C=O) groups excluding carboxylic acids is 1. The highest BCUT2D eigenvalue weighted by Gasteiger charge is 2.14. The molecule has 0 aliphatic rings. The minimum atomic E-state index is -2.93. The Labute approximate surface area is 144 Å². The van der Waals surface area contributed by atoms with Crippen molar-refractivity contribution < 1.29 is 18.3 Å². The van der Waals surface area contributed by atoms with Crippen molar-refractivity contribution in [2.75, 3.05) is 0 Å². The molecule has 2 N–H and O–H groups in total. The van der Waals surface area contributed by atoms with Crippen LogP contribution in [0.15, 0.2) is 47.1 Å². The molecule has 0 aliphatic carbocycles. The minimum Gasteiger partial charge on any atom is -0.434 e. The first-order valence-electron chi connectivity index (χ1n) is 6.98. The van der Waals surface area contributed by atoms with Gasteiger partial charge in [-0.3, -0.25) is 9.89 Å². The number of amides is 1. The number of hydrogen-bond donors (Lipinski definition) is 2. The van der Waals surface area contributed by atoms with E-state index in [4.69, 9.17) is 0 Å². The molecule has 0 spiro atoms. The third-order valence-corrected chi connectivity index (χ3v) is 3.89. The Hall–Kier alpha value is -2.48. The zero-order valence-corrected chi connectivity index (χ0v) is 13.8. The van der Waals surface area contributed by atoms with Crippen LogP contribution in [0.4, 0.5) is 8.78 Å². The van der Waals surface area contributed by atoms with Crippen LogP contribution in [-0.2, 0) is 6.54 Å². The molecule has 0 fully saturated rings. The molecule has 0 saturated carbocycles. The third-order valence-electron chi connectivity index (χ3n) is 3.40. The molecule has 0 saturated heterocycles. The van der Waals surface area contributed by atoms with Crippen molar-refractivity contribution >= 4 is 32.7 Å². The molecule has 5 nitrogen and oxygen atoms in total. The van der Waals surface area contributed by atoms with Crippen LogP contribution in [-0.4, -0.2) is 22.7 Å². The maximum Gasteiger partial charge on any atom is 0.387 e. The van der Waals surface area contributed by atoms with E-state index < -0.39 is 6.61 Å². The van der Waals surface area contributed by atoms with Gasteiger partial charge in [-0.1, -0.05) is 28.1 Å². The average molecular weight is 396 g/mol. The maximum atomic E-state index is 12.5. The lowest BCUT2D eigenvalue weighted by Crippen LogP contribution is -2.23. The number of aromatic amines is 1. The first kappa shape index (κ1) is 16.4. The van der Waals surface area contributed by atoms with Crippen LogP contribution in [0.25, 0.3) is 10.9 Å². The van der Waals surface area contributed by atoms with Crippen molar-refractivity contribution in [1.82, 2.24) is 15.5 Å². The van der Waals surface area contributed by atoms with Gasteiger partial charge in [0.15, 0.2) is 0 Å². The lowest BCUT2D eigenvalue weighted by Gasteiger charge is -2.12. The van der Waals surface area contributed by atoms with E-state index in [9.17, 15) is 13.6 Å². The summed E-state index contributed by atoms with van der Waals surface area (Å²) in [6, 6.07) is 9.87. The number of carbonyl (C=O) groups is 1. The zero-order valence-electron chi connectivity index (χ0n) is 12.2. The quantitative estimate of drug-likeness (QED) is 0.689. The lowest BCUT2D eigenvalue weighted by molar-refractivity contribution is -0.0504. The maximum absolute atomic E-state index is 12.5. The van der Waals surface area contributed by atoms with E-state index in [0.29, 0.717) is 21.1 Å². The van der Waals surface area contributed by atoms with Crippen LogP contribution in [0.3, 0.4) is 0 Å². The van der Waals surface area contributed by atoms with Gasteiger partial charge in [-0.2, -0.15) is 13.9 Å². The van der Waals surface area contributed by atoms with Gasteiger partial charge in [0.05, 0.1) is 17.3 Å². The number of fused-ring (bicyclic) bond motifs is 1. The van der Waals surface area contributed by atoms with Crippen LogP contribution < -0.4 is 10.1 Å². The van der Waals surface area contributed by atoms with Crippen molar-refractivity contribution in [1.29, 1.82) is 0 Å². The molecular weight excluding hydrogens is 384 g/mol. The summed E-state index contributed by atoms with van der Waals surface area (Å²) in [4.78, 5) is 12.4. The fraction of sp³-hybridized carbons (Fsp3) is 0.125. The number of rotatable bonds is 5. The molecule has 124 valence electrons. The fourth-order valence-electron chi connectivity index (χ4n) is 2.33. The second-order valence-corrected chi connectivity index (χ2v) is 5.87. The van der Waals surface area contributed by atoms with Crippen molar-refractivity contribution in [3.63, 3.8) is 0 Å². The summed E-state index contributed by atoms with van der Waals surface area (Å²) in [5.74, 6) is -0.318. The Morgan fingerprint density at radius 2 is 2.17 bits per heavy atom. The summed E-state index contributed by atoms with van der Waals surface area (Å²) in [6.45, 7) is -2.88. The van der Waals surface area contributed by atoms with E-state index in [1.807, 2.05) is 6.07 Å². The smallest absolute Gasteiger partial charge is 0.387 e. The molecule has 0 unspecified atom stereocenters. The number of halogens is 3. The Morgan fingerprint density at radius 3 is 2.96 bits per heavy atom.